The number of rotatable bonds is 5. The number of benzene rings is 1. The van der Waals surface area contributed by atoms with Crippen molar-refractivity contribution in [1.29, 1.82) is 0 Å². The second-order valence-electron chi connectivity index (χ2n) is 3.83. The molecule has 17 heavy (non-hydrogen) atoms. The molecular weight excluding hydrogens is 234 g/mol. The van der Waals surface area contributed by atoms with E-state index in [4.69, 9.17) is 9.47 Å². The molecule has 0 aromatic heterocycles. The summed E-state index contributed by atoms with van der Waals surface area (Å²) in [6.07, 6.45) is 0.977. The van der Waals surface area contributed by atoms with Gasteiger partial charge in [0.1, 0.15) is 5.75 Å². The molecule has 3 nitrogen and oxygen atoms in total. The van der Waals surface area contributed by atoms with Crippen molar-refractivity contribution >= 4 is 11.9 Å². The van der Waals surface area contributed by atoms with Crippen LogP contribution in [0, 0.1) is 6.07 Å². The van der Waals surface area contributed by atoms with Crippen molar-refractivity contribution in [2.24, 2.45) is 0 Å². The molecule has 1 radical (unpaired) electrons. The van der Waals surface area contributed by atoms with E-state index in [0.29, 0.717) is 0 Å². The zero-order chi connectivity index (χ0) is 11.9. The summed E-state index contributed by atoms with van der Waals surface area (Å²) in [6, 6.07) is 10.8. The van der Waals surface area contributed by atoms with Crippen LogP contribution in [0.25, 0.3) is 0 Å². The third-order valence-corrected chi connectivity index (χ3v) is 3.84. The van der Waals surface area contributed by atoms with Crippen LogP contribution in [-0.2, 0) is 4.74 Å². The predicted molar refractivity (Wildman–Crippen MR) is 70.0 cm³/mol. The third kappa shape index (κ3) is 4.22. The number of nitrogens with zero attached hydrogens (tertiary/aromatic N) is 1. The van der Waals surface area contributed by atoms with Crippen LogP contribution in [0.3, 0.4) is 0 Å². The second-order valence-corrected chi connectivity index (χ2v) is 5.08. The Labute approximate surface area is 107 Å². The molecule has 0 N–H and O–H groups in total. The first-order valence-electron chi connectivity index (χ1n) is 6.01. The van der Waals surface area contributed by atoms with Crippen molar-refractivity contribution < 1.29 is 9.47 Å². The van der Waals surface area contributed by atoms with E-state index in [2.05, 4.69) is 17.3 Å². The first-order valence-corrected chi connectivity index (χ1v) is 6.85. The average molecular weight is 252 g/mol. The van der Waals surface area contributed by atoms with Crippen molar-refractivity contribution in [2.75, 3.05) is 26.3 Å². The highest BCUT2D eigenvalue weighted by Gasteiger charge is 2.17. The fourth-order valence-corrected chi connectivity index (χ4v) is 2.58. The Morgan fingerprint density at radius 1 is 1.47 bits per heavy atom. The van der Waals surface area contributed by atoms with Gasteiger partial charge >= 0.3 is 0 Å². The number of hydrogen-bond donors (Lipinski definition) is 0. The predicted octanol–water partition coefficient (Wildman–Crippen LogP) is 2.58. The topological polar surface area (TPSA) is 21.7 Å². The van der Waals surface area contributed by atoms with Crippen molar-refractivity contribution in [1.82, 2.24) is 4.31 Å². The molecule has 93 valence electrons. The Bertz CT molecular complexity index is 314. The van der Waals surface area contributed by atoms with Crippen LogP contribution in [0.4, 0.5) is 0 Å². The van der Waals surface area contributed by atoms with Crippen LogP contribution in [0.2, 0.25) is 0 Å². The van der Waals surface area contributed by atoms with Crippen LogP contribution in [0.5, 0.6) is 5.75 Å². The molecule has 1 fully saturated rings. The van der Waals surface area contributed by atoms with E-state index < -0.39 is 0 Å². The molecule has 1 aromatic rings. The van der Waals surface area contributed by atoms with Gasteiger partial charge in [-0.05, 0) is 24.4 Å². The van der Waals surface area contributed by atoms with Crippen LogP contribution < -0.4 is 4.74 Å². The summed E-state index contributed by atoms with van der Waals surface area (Å²) in [6.45, 7) is 5.73. The average Bonchev–Trinajstić information content (AvgIpc) is 2.40. The van der Waals surface area contributed by atoms with Gasteiger partial charge in [0.2, 0.25) is 0 Å². The van der Waals surface area contributed by atoms with Crippen LogP contribution in [-0.4, -0.2) is 36.0 Å². The highest BCUT2D eigenvalue weighted by molar-refractivity contribution is 7.97. The highest BCUT2D eigenvalue weighted by Crippen LogP contribution is 2.24. The summed E-state index contributed by atoms with van der Waals surface area (Å²) < 4.78 is 13.5. The lowest BCUT2D eigenvalue weighted by Gasteiger charge is -2.29. The van der Waals surface area contributed by atoms with Gasteiger partial charge in [-0.3, -0.25) is 0 Å². The highest BCUT2D eigenvalue weighted by atomic mass is 32.2. The molecule has 0 amide bonds. The van der Waals surface area contributed by atoms with Gasteiger partial charge in [0, 0.05) is 19.2 Å². The minimum Gasteiger partial charge on any atom is -0.478 e. The Morgan fingerprint density at radius 3 is 2.94 bits per heavy atom. The molecule has 1 aromatic carbocycles. The van der Waals surface area contributed by atoms with Crippen molar-refractivity contribution in [2.45, 2.75) is 18.8 Å². The minimum atomic E-state index is 0.159. The van der Waals surface area contributed by atoms with Gasteiger partial charge in [0.25, 0.3) is 0 Å². The molecule has 1 aliphatic rings. The molecular formula is C13H18NO2S. The van der Waals surface area contributed by atoms with E-state index in [1.807, 2.05) is 24.3 Å². The van der Waals surface area contributed by atoms with Crippen molar-refractivity contribution in [3.8, 4) is 5.75 Å². The van der Waals surface area contributed by atoms with E-state index in [1.54, 1.807) is 11.9 Å². The maximum absolute atomic E-state index is 5.89. The van der Waals surface area contributed by atoms with Gasteiger partial charge in [0.05, 0.1) is 13.2 Å². The van der Waals surface area contributed by atoms with E-state index in [0.717, 1.165) is 38.5 Å². The molecule has 1 heterocycles. The summed E-state index contributed by atoms with van der Waals surface area (Å²) in [4.78, 5) is 0. The Kier molecular flexibility index (Phi) is 5.16. The molecule has 0 bridgehead atoms. The number of para-hydroxylation sites is 1. The van der Waals surface area contributed by atoms with Crippen molar-refractivity contribution in [3.05, 3.63) is 30.3 Å². The van der Waals surface area contributed by atoms with E-state index in [1.165, 1.54) is 0 Å². The maximum Gasteiger partial charge on any atom is 0.158 e. The fourth-order valence-electron chi connectivity index (χ4n) is 1.59. The molecule has 0 spiro atoms. The zero-order valence-corrected chi connectivity index (χ0v) is 10.9. The summed E-state index contributed by atoms with van der Waals surface area (Å²) in [5.41, 5.74) is 0.159. The smallest absolute Gasteiger partial charge is 0.158 e. The first-order chi connectivity index (χ1) is 8.38. The monoisotopic (exact) mass is 252 g/mol. The fraction of sp³-hybridized carbons (Fsp3) is 0.538. The largest absolute Gasteiger partial charge is 0.478 e. The van der Waals surface area contributed by atoms with Gasteiger partial charge in [-0.15, -0.1) is 0 Å². The van der Waals surface area contributed by atoms with Gasteiger partial charge in [-0.1, -0.05) is 25.1 Å². The maximum atomic E-state index is 5.89. The third-order valence-electron chi connectivity index (χ3n) is 2.51. The molecule has 1 unspecified atom stereocenters. The normalized spacial score (nSPS) is 18.9. The molecule has 1 saturated heterocycles. The second kappa shape index (κ2) is 6.89. The molecule has 1 aliphatic heterocycles. The molecule has 0 aliphatic carbocycles. The van der Waals surface area contributed by atoms with Gasteiger partial charge < -0.3 is 9.47 Å². The standard InChI is InChI=1S/C13H18NO2S/c1-2-13(16-12-6-4-3-5-7-12)17-14-8-10-15-11-9-14/h3-6,13H,2,8-11H2,1H3. The number of hydrogen-bond acceptors (Lipinski definition) is 4. The lowest BCUT2D eigenvalue weighted by atomic mass is 10.3. The summed E-state index contributed by atoms with van der Waals surface area (Å²) in [5, 5.41) is 0. The number of ether oxygens (including phenoxy) is 2. The quantitative estimate of drug-likeness (QED) is 0.593. The Balaban J connectivity index is 1.83. The van der Waals surface area contributed by atoms with E-state index in [-0.39, 0.29) is 5.44 Å². The SMILES string of the molecule is CCC(Oc1[c]cccc1)SN1CCOCC1. The molecule has 0 saturated carbocycles. The summed E-state index contributed by atoms with van der Waals surface area (Å²) in [5.74, 6) is 0.820. The van der Waals surface area contributed by atoms with Gasteiger partial charge in [-0.25, -0.2) is 4.31 Å². The molecule has 1 atom stereocenters. The lowest BCUT2D eigenvalue weighted by Crippen LogP contribution is -2.33. The Hall–Kier alpha value is -0.710. The minimum absolute atomic E-state index is 0.159. The van der Waals surface area contributed by atoms with Gasteiger partial charge in [0.15, 0.2) is 5.44 Å². The first kappa shape index (κ1) is 12.7. The summed E-state index contributed by atoms with van der Waals surface area (Å²) >= 11 is 1.77. The molecule has 4 heteroatoms. The van der Waals surface area contributed by atoms with Crippen molar-refractivity contribution in [3.63, 3.8) is 0 Å². The lowest BCUT2D eigenvalue weighted by molar-refractivity contribution is 0.0760. The summed E-state index contributed by atoms with van der Waals surface area (Å²) in [7, 11) is 0. The van der Waals surface area contributed by atoms with Crippen LogP contribution in [0.15, 0.2) is 24.3 Å². The Morgan fingerprint density at radius 2 is 2.29 bits per heavy atom. The van der Waals surface area contributed by atoms with Crippen LogP contribution >= 0.6 is 11.9 Å². The van der Waals surface area contributed by atoms with Crippen LogP contribution in [0.1, 0.15) is 13.3 Å². The van der Waals surface area contributed by atoms with E-state index >= 15 is 0 Å². The number of morpholine rings is 1. The molecule has 2 rings (SSSR count). The van der Waals surface area contributed by atoms with Gasteiger partial charge in [-0.2, -0.15) is 0 Å². The zero-order valence-electron chi connectivity index (χ0n) is 10.1. The van der Waals surface area contributed by atoms with E-state index in [9.17, 15) is 0 Å².